The molecule has 1 aliphatic rings. The first-order valence-corrected chi connectivity index (χ1v) is 9.75. The Bertz CT molecular complexity index is 1090. The molecule has 0 unspecified atom stereocenters. The zero-order valence-corrected chi connectivity index (χ0v) is 17.5. The van der Waals surface area contributed by atoms with Crippen molar-refractivity contribution in [1.29, 1.82) is 0 Å². The van der Waals surface area contributed by atoms with Gasteiger partial charge in [0.15, 0.2) is 11.5 Å². The molecule has 2 atom stereocenters. The van der Waals surface area contributed by atoms with Crippen molar-refractivity contribution in [3.8, 4) is 40.2 Å². The highest BCUT2D eigenvalue weighted by molar-refractivity contribution is 5.66. The maximum atomic E-state index is 11.0. The van der Waals surface area contributed by atoms with Gasteiger partial charge in [-0.05, 0) is 23.8 Å². The largest absolute Gasteiger partial charge is 0.508 e. The highest BCUT2D eigenvalue weighted by Gasteiger charge is 2.38. The molecule has 0 aliphatic carbocycles. The van der Waals surface area contributed by atoms with E-state index in [0.29, 0.717) is 35.2 Å². The number of hydrogen-bond acceptors (Lipinski definition) is 7. The van der Waals surface area contributed by atoms with E-state index in [1.807, 2.05) is 12.1 Å². The van der Waals surface area contributed by atoms with E-state index in [0.717, 1.165) is 11.1 Å². The molecule has 0 aromatic heterocycles. The minimum atomic E-state index is -0.386. The fraction of sp³-hybridized carbons (Fsp3) is 0.250. The summed E-state index contributed by atoms with van der Waals surface area (Å²) in [6, 6.07) is 13.3. The molecular weight excluding hydrogens is 400 g/mol. The van der Waals surface area contributed by atoms with Gasteiger partial charge in [-0.25, -0.2) is 0 Å². The van der Waals surface area contributed by atoms with Crippen LogP contribution in [0.15, 0.2) is 48.5 Å². The quantitative estimate of drug-likeness (QED) is 0.566. The maximum absolute atomic E-state index is 11.0. The second-order valence-corrected chi connectivity index (χ2v) is 7.29. The molecule has 0 bridgehead atoms. The van der Waals surface area contributed by atoms with E-state index in [4.69, 9.17) is 18.9 Å². The summed E-state index contributed by atoms with van der Waals surface area (Å²) in [6.07, 6.45) is 0. The third-order valence-electron chi connectivity index (χ3n) is 5.63. The molecule has 162 valence electrons. The van der Waals surface area contributed by atoms with Crippen LogP contribution in [0.2, 0.25) is 0 Å². The summed E-state index contributed by atoms with van der Waals surface area (Å²) in [5.74, 6) is 1.24. The Labute approximate surface area is 180 Å². The van der Waals surface area contributed by atoms with Crippen LogP contribution in [0.25, 0.3) is 0 Å². The van der Waals surface area contributed by atoms with Crippen LogP contribution in [-0.2, 0) is 0 Å². The molecule has 7 nitrogen and oxygen atoms in total. The molecular formula is C24H24O7. The Hall–Kier alpha value is -3.74. The lowest BCUT2D eigenvalue weighted by Crippen LogP contribution is -2.26. The van der Waals surface area contributed by atoms with Crippen LogP contribution in [-0.4, -0.2) is 43.3 Å². The molecule has 3 N–H and O–H groups in total. The fourth-order valence-corrected chi connectivity index (χ4v) is 4.23. The first kappa shape index (κ1) is 20.5. The van der Waals surface area contributed by atoms with Crippen LogP contribution in [0.1, 0.15) is 28.5 Å². The van der Waals surface area contributed by atoms with Gasteiger partial charge < -0.3 is 34.3 Å². The van der Waals surface area contributed by atoms with Crippen molar-refractivity contribution in [2.24, 2.45) is 0 Å². The number of ether oxygens (including phenoxy) is 4. The van der Waals surface area contributed by atoms with Crippen LogP contribution >= 0.6 is 0 Å². The first-order chi connectivity index (χ1) is 15.0. The molecule has 0 spiro atoms. The second-order valence-electron chi connectivity index (χ2n) is 7.29. The van der Waals surface area contributed by atoms with Crippen molar-refractivity contribution < 1.29 is 34.3 Å². The van der Waals surface area contributed by atoms with Gasteiger partial charge in [0.05, 0.1) is 27.9 Å². The number of benzene rings is 3. The first-order valence-electron chi connectivity index (χ1n) is 9.75. The van der Waals surface area contributed by atoms with Crippen molar-refractivity contribution in [2.45, 2.75) is 11.8 Å². The van der Waals surface area contributed by atoms with Gasteiger partial charge >= 0.3 is 0 Å². The number of rotatable bonds is 5. The van der Waals surface area contributed by atoms with E-state index in [-0.39, 0.29) is 29.1 Å². The van der Waals surface area contributed by atoms with Crippen molar-refractivity contribution in [1.82, 2.24) is 0 Å². The number of fused-ring (bicyclic) bond motifs is 1. The molecule has 0 saturated carbocycles. The van der Waals surface area contributed by atoms with Crippen LogP contribution in [0.3, 0.4) is 0 Å². The molecule has 3 aromatic rings. The summed E-state index contributed by atoms with van der Waals surface area (Å²) in [5.41, 5.74) is 2.22. The standard InChI is InChI=1S/C24H24O7/c1-28-20-11-18(27)22(24(30-3)23(20)29-2)21-16-9-8-15(26)10-19(16)31-12-17(21)13-4-6-14(25)7-5-13/h4-11,17,21,25-27H,12H2,1-3H3/t17-,21+/m1/s1. The minimum absolute atomic E-state index is 0.01000. The average molecular weight is 424 g/mol. The highest BCUT2D eigenvalue weighted by atomic mass is 16.5. The third kappa shape index (κ3) is 3.52. The molecule has 0 saturated heterocycles. The Balaban J connectivity index is 1.99. The van der Waals surface area contributed by atoms with Crippen LogP contribution < -0.4 is 18.9 Å². The van der Waals surface area contributed by atoms with E-state index in [1.54, 1.807) is 30.3 Å². The zero-order valence-electron chi connectivity index (χ0n) is 17.5. The number of hydrogen-bond donors (Lipinski definition) is 3. The van der Waals surface area contributed by atoms with Gasteiger partial charge in [-0.1, -0.05) is 18.2 Å². The second kappa shape index (κ2) is 8.18. The van der Waals surface area contributed by atoms with Crippen molar-refractivity contribution in [3.63, 3.8) is 0 Å². The molecule has 4 rings (SSSR count). The minimum Gasteiger partial charge on any atom is -0.508 e. The van der Waals surface area contributed by atoms with E-state index in [2.05, 4.69) is 0 Å². The van der Waals surface area contributed by atoms with Gasteiger partial charge in [0.2, 0.25) is 5.75 Å². The molecule has 1 heterocycles. The monoisotopic (exact) mass is 424 g/mol. The SMILES string of the molecule is COc1cc(O)c([C@H]2c3ccc(O)cc3OC[C@@H]2c2ccc(O)cc2)c(OC)c1OC. The maximum Gasteiger partial charge on any atom is 0.203 e. The van der Waals surface area contributed by atoms with Crippen LogP contribution in [0, 0.1) is 0 Å². The summed E-state index contributed by atoms with van der Waals surface area (Å²) in [7, 11) is 4.50. The Morgan fingerprint density at radius 1 is 0.806 bits per heavy atom. The molecule has 3 aromatic carbocycles. The predicted molar refractivity (Wildman–Crippen MR) is 114 cm³/mol. The van der Waals surface area contributed by atoms with Crippen LogP contribution in [0.4, 0.5) is 0 Å². The molecule has 0 radical (unpaired) electrons. The number of methoxy groups -OCH3 is 3. The molecule has 7 heteroatoms. The summed E-state index contributed by atoms with van der Waals surface area (Å²) < 4.78 is 22.6. The van der Waals surface area contributed by atoms with E-state index in [1.165, 1.54) is 27.4 Å². The van der Waals surface area contributed by atoms with Crippen molar-refractivity contribution in [2.75, 3.05) is 27.9 Å². The van der Waals surface area contributed by atoms with Crippen LogP contribution in [0.5, 0.6) is 40.2 Å². The average Bonchev–Trinajstić information content (AvgIpc) is 2.78. The third-order valence-corrected chi connectivity index (χ3v) is 5.63. The predicted octanol–water partition coefficient (Wildman–Crippen LogP) is 4.14. The number of phenolic OH excluding ortho intramolecular Hbond substituents is 3. The van der Waals surface area contributed by atoms with Gasteiger partial charge in [-0.2, -0.15) is 0 Å². The summed E-state index contributed by atoms with van der Waals surface area (Å²) >= 11 is 0. The Morgan fingerprint density at radius 3 is 2.13 bits per heavy atom. The van der Waals surface area contributed by atoms with E-state index >= 15 is 0 Å². The Kier molecular flexibility index (Phi) is 5.42. The molecule has 0 amide bonds. The van der Waals surface area contributed by atoms with Gasteiger partial charge in [-0.15, -0.1) is 0 Å². The van der Waals surface area contributed by atoms with Gasteiger partial charge in [0.1, 0.15) is 23.0 Å². The summed E-state index contributed by atoms with van der Waals surface area (Å²) in [4.78, 5) is 0. The lowest BCUT2D eigenvalue weighted by atomic mass is 9.75. The lowest BCUT2D eigenvalue weighted by molar-refractivity contribution is 0.242. The van der Waals surface area contributed by atoms with Crippen molar-refractivity contribution >= 4 is 0 Å². The van der Waals surface area contributed by atoms with E-state index < -0.39 is 0 Å². The molecule has 1 aliphatic heterocycles. The van der Waals surface area contributed by atoms with Gasteiger partial charge in [0, 0.05) is 35.1 Å². The van der Waals surface area contributed by atoms with Crippen molar-refractivity contribution in [3.05, 3.63) is 65.2 Å². The molecule has 31 heavy (non-hydrogen) atoms. The topological polar surface area (TPSA) is 97.6 Å². The number of aromatic hydroxyl groups is 3. The normalized spacial score (nSPS) is 17.4. The highest BCUT2D eigenvalue weighted by Crippen LogP contribution is 2.55. The molecule has 0 fully saturated rings. The fourth-order valence-electron chi connectivity index (χ4n) is 4.23. The smallest absolute Gasteiger partial charge is 0.203 e. The Morgan fingerprint density at radius 2 is 1.48 bits per heavy atom. The van der Waals surface area contributed by atoms with Gasteiger partial charge in [-0.3, -0.25) is 0 Å². The zero-order chi connectivity index (χ0) is 22.1. The number of phenols is 3. The van der Waals surface area contributed by atoms with E-state index in [9.17, 15) is 15.3 Å². The summed E-state index contributed by atoms with van der Waals surface area (Å²) in [5, 5.41) is 30.7. The van der Waals surface area contributed by atoms with Gasteiger partial charge in [0.25, 0.3) is 0 Å². The lowest BCUT2D eigenvalue weighted by Gasteiger charge is -2.35. The summed E-state index contributed by atoms with van der Waals surface area (Å²) in [6.45, 7) is 0.294.